The highest BCUT2D eigenvalue weighted by Crippen LogP contribution is 2.26. The zero-order valence-corrected chi connectivity index (χ0v) is 23.4. The van der Waals surface area contributed by atoms with Crippen molar-refractivity contribution in [3.63, 3.8) is 0 Å². The molecule has 0 spiro atoms. The Bertz CT molecular complexity index is 1720. The molecule has 1 aliphatic heterocycles. The Hall–Kier alpha value is -5.55. The van der Waals surface area contributed by atoms with Gasteiger partial charge in [-0.15, -0.1) is 11.8 Å². The van der Waals surface area contributed by atoms with Crippen LogP contribution in [0, 0.1) is 10.1 Å². The summed E-state index contributed by atoms with van der Waals surface area (Å²) in [6, 6.07) is 27.7. The molecule has 10 nitrogen and oxygen atoms in total. The van der Waals surface area contributed by atoms with Gasteiger partial charge in [-0.05, 0) is 66.2 Å². The quantitative estimate of drug-likeness (QED) is 0.0827. The van der Waals surface area contributed by atoms with E-state index in [4.69, 9.17) is 0 Å². The van der Waals surface area contributed by atoms with Crippen LogP contribution in [0.15, 0.2) is 114 Å². The standard InChI is InChI=1S/C32H24N4O6S/c37-29(22-7-2-1-3-8-22)34-28(19-21-13-15-24(16-14-21)36(41)42)30(38)33-23-9-6-10-25(20-23)43-18-17-35-31(39)26-11-4-5-12-27(26)32(35)40/h1-16,19-20H,17-18H2,(H,33,38)(H,34,37)/b28-19+. The maximum atomic E-state index is 13.3. The van der Waals surface area contributed by atoms with E-state index < -0.39 is 16.7 Å². The second kappa shape index (κ2) is 13.0. The zero-order chi connectivity index (χ0) is 30.3. The third kappa shape index (κ3) is 6.85. The molecule has 1 heterocycles. The Balaban J connectivity index is 1.27. The van der Waals surface area contributed by atoms with Gasteiger partial charge in [-0.3, -0.25) is 34.2 Å². The number of fused-ring (bicyclic) bond motifs is 1. The molecule has 0 atom stereocenters. The molecule has 2 N–H and O–H groups in total. The minimum absolute atomic E-state index is 0.0635. The van der Waals surface area contributed by atoms with Crippen molar-refractivity contribution in [2.45, 2.75) is 4.90 Å². The fraction of sp³-hybridized carbons (Fsp3) is 0.0625. The number of imide groups is 1. The van der Waals surface area contributed by atoms with Gasteiger partial charge in [0.15, 0.2) is 0 Å². The molecule has 11 heteroatoms. The average Bonchev–Trinajstić information content (AvgIpc) is 3.26. The summed E-state index contributed by atoms with van der Waals surface area (Å²) in [5, 5.41) is 16.4. The molecule has 0 aliphatic carbocycles. The van der Waals surface area contributed by atoms with Gasteiger partial charge in [-0.25, -0.2) is 0 Å². The number of nitro groups is 1. The first-order valence-corrected chi connectivity index (χ1v) is 14.1. The lowest BCUT2D eigenvalue weighted by molar-refractivity contribution is -0.384. The summed E-state index contributed by atoms with van der Waals surface area (Å²) in [7, 11) is 0. The van der Waals surface area contributed by atoms with Crippen LogP contribution in [0.2, 0.25) is 0 Å². The highest BCUT2D eigenvalue weighted by molar-refractivity contribution is 7.99. The van der Waals surface area contributed by atoms with Gasteiger partial charge in [-0.1, -0.05) is 36.4 Å². The summed E-state index contributed by atoms with van der Waals surface area (Å²) in [6.07, 6.45) is 1.43. The molecule has 214 valence electrons. The predicted octanol–water partition coefficient (Wildman–Crippen LogP) is 5.39. The number of hydrogen-bond acceptors (Lipinski definition) is 7. The number of nitrogens with one attached hydrogen (secondary N) is 2. The molecule has 4 aromatic rings. The summed E-state index contributed by atoms with van der Waals surface area (Å²) >= 11 is 1.42. The molecule has 5 rings (SSSR count). The van der Waals surface area contributed by atoms with E-state index in [2.05, 4.69) is 10.6 Å². The number of rotatable bonds is 10. The van der Waals surface area contributed by atoms with Gasteiger partial charge in [0.1, 0.15) is 5.70 Å². The second-order valence-corrected chi connectivity index (χ2v) is 10.5. The number of non-ortho nitro benzene ring substituents is 1. The number of carbonyl (C=O) groups is 4. The topological polar surface area (TPSA) is 139 Å². The summed E-state index contributed by atoms with van der Waals surface area (Å²) in [4.78, 5) is 64.0. The van der Waals surface area contributed by atoms with E-state index >= 15 is 0 Å². The van der Waals surface area contributed by atoms with Gasteiger partial charge < -0.3 is 10.6 Å². The van der Waals surface area contributed by atoms with Crippen molar-refractivity contribution in [3.8, 4) is 0 Å². The molecule has 43 heavy (non-hydrogen) atoms. The molecule has 0 radical (unpaired) electrons. The molecule has 1 aliphatic rings. The number of carbonyl (C=O) groups excluding carboxylic acids is 4. The fourth-order valence-corrected chi connectivity index (χ4v) is 5.26. The Kier molecular flexibility index (Phi) is 8.73. The zero-order valence-electron chi connectivity index (χ0n) is 22.6. The molecular weight excluding hydrogens is 568 g/mol. The van der Waals surface area contributed by atoms with Crippen LogP contribution in [0.25, 0.3) is 6.08 Å². The lowest BCUT2D eigenvalue weighted by Crippen LogP contribution is -2.31. The van der Waals surface area contributed by atoms with Crippen LogP contribution >= 0.6 is 11.8 Å². The van der Waals surface area contributed by atoms with Gasteiger partial charge in [0.2, 0.25) is 0 Å². The monoisotopic (exact) mass is 592 g/mol. The van der Waals surface area contributed by atoms with Gasteiger partial charge in [-0.2, -0.15) is 0 Å². The van der Waals surface area contributed by atoms with E-state index in [9.17, 15) is 29.3 Å². The maximum absolute atomic E-state index is 13.3. The highest BCUT2D eigenvalue weighted by Gasteiger charge is 2.34. The number of nitro benzene ring substituents is 1. The smallest absolute Gasteiger partial charge is 0.272 e. The van der Waals surface area contributed by atoms with Crippen LogP contribution in [0.5, 0.6) is 0 Å². The van der Waals surface area contributed by atoms with Crippen molar-refractivity contribution >= 4 is 52.8 Å². The van der Waals surface area contributed by atoms with Crippen LogP contribution in [0.3, 0.4) is 0 Å². The number of anilines is 1. The predicted molar refractivity (Wildman–Crippen MR) is 163 cm³/mol. The van der Waals surface area contributed by atoms with Crippen molar-refractivity contribution < 1.29 is 24.1 Å². The highest BCUT2D eigenvalue weighted by atomic mass is 32.2. The molecule has 0 saturated heterocycles. The lowest BCUT2D eigenvalue weighted by atomic mass is 10.1. The van der Waals surface area contributed by atoms with E-state index in [-0.39, 0.29) is 29.7 Å². The molecule has 4 amide bonds. The van der Waals surface area contributed by atoms with Crippen LogP contribution in [0.1, 0.15) is 36.6 Å². The van der Waals surface area contributed by atoms with E-state index in [1.165, 1.54) is 47.0 Å². The van der Waals surface area contributed by atoms with E-state index in [1.807, 2.05) is 6.07 Å². The normalized spacial score (nSPS) is 12.6. The first kappa shape index (κ1) is 29.0. The van der Waals surface area contributed by atoms with Crippen LogP contribution in [0.4, 0.5) is 11.4 Å². The van der Waals surface area contributed by atoms with Crippen molar-refractivity contribution in [1.82, 2.24) is 10.2 Å². The first-order valence-electron chi connectivity index (χ1n) is 13.1. The van der Waals surface area contributed by atoms with E-state index in [0.29, 0.717) is 33.7 Å². The summed E-state index contributed by atoms with van der Waals surface area (Å²) < 4.78 is 0. The van der Waals surface area contributed by atoms with E-state index in [0.717, 1.165) is 4.90 Å². The largest absolute Gasteiger partial charge is 0.321 e. The van der Waals surface area contributed by atoms with Crippen LogP contribution in [-0.4, -0.2) is 45.7 Å². The fourth-order valence-electron chi connectivity index (χ4n) is 4.36. The van der Waals surface area contributed by atoms with Crippen LogP contribution in [-0.2, 0) is 4.79 Å². The van der Waals surface area contributed by atoms with Gasteiger partial charge in [0.25, 0.3) is 29.3 Å². The molecular formula is C32H24N4O6S. The van der Waals surface area contributed by atoms with Crippen molar-refractivity contribution in [2.75, 3.05) is 17.6 Å². The number of thioether (sulfide) groups is 1. The summed E-state index contributed by atoms with van der Waals surface area (Å²) in [6.45, 7) is 0.223. The Morgan fingerprint density at radius 1 is 0.837 bits per heavy atom. The molecule has 4 aromatic carbocycles. The number of hydrogen-bond donors (Lipinski definition) is 2. The Morgan fingerprint density at radius 3 is 2.14 bits per heavy atom. The van der Waals surface area contributed by atoms with Crippen LogP contribution < -0.4 is 10.6 Å². The second-order valence-electron chi connectivity index (χ2n) is 9.36. The summed E-state index contributed by atoms with van der Waals surface area (Å²) in [5.41, 5.74) is 1.92. The van der Waals surface area contributed by atoms with Crippen molar-refractivity contribution in [2.24, 2.45) is 0 Å². The van der Waals surface area contributed by atoms with Gasteiger partial charge in [0, 0.05) is 40.6 Å². The number of nitrogens with zero attached hydrogens (tertiary/aromatic N) is 2. The van der Waals surface area contributed by atoms with Crippen molar-refractivity contribution in [1.29, 1.82) is 0 Å². The molecule has 0 saturated carbocycles. The third-order valence-corrected chi connectivity index (χ3v) is 7.47. The van der Waals surface area contributed by atoms with Gasteiger partial charge >= 0.3 is 0 Å². The van der Waals surface area contributed by atoms with Crippen molar-refractivity contribution in [3.05, 3.63) is 141 Å². The number of benzene rings is 4. The molecule has 0 aromatic heterocycles. The van der Waals surface area contributed by atoms with Gasteiger partial charge in [0.05, 0.1) is 16.1 Å². The molecule has 0 unspecified atom stereocenters. The summed E-state index contributed by atoms with van der Waals surface area (Å²) in [5.74, 6) is -1.28. The SMILES string of the molecule is O=C(Nc1cccc(SCCN2C(=O)c3ccccc3C2=O)c1)/C(=C\c1ccc([N+](=O)[O-])cc1)NC(=O)c1ccccc1. The lowest BCUT2D eigenvalue weighted by Gasteiger charge is -2.14. The maximum Gasteiger partial charge on any atom is 0.272 e. The third-order valence-electron chi connectivity index (χ3n) is 6.50. The first-order chi connectivity index (χ1) is 20.8. The Morgan fingerprint density at radius 2 is 1.49 bits per heavy atom. The minimum Gasteiger partial charge on any atom is -0.321 e. The van der Waals surface area contributed by atoms with E-state index in [1.54, 1.807) is 72.8 Å². The molecule has 0 bridgehead atoms. The molecule has 0 fully saturated rings. The minimum atomic E-state index is -0.601. The average molecular weight is 593 g/mol. The number of amides is 4. The Labute approximate surface area is 250 Å².